The van der Waals surface area contributed by atoms with Gasteiger partial charge in [-0.15, -0.1) is 0 Å². The van der Waals surface area contributed by atoms with Crippen LogP contribution in [0.15, 0.2) is 18.2 Å². The molecule has 4 nitrogen and oxygen atoms in total. The molecule has 210 valence electrons. The summed E-state index contributed by atoms with van der Waals surface area (Å²) in [5, 5.41) is 0. The third-order valence-corrected chi connectivity index (χ3v) is 5.33. The number of methoxy groups -OCH3 is 2. The van der Waals surface area contributed by atoms with Crippen molar-refractivity contribution < 1.29 is 71.6 Å². The number of ether oxygens (including phenoxy) is 4. The van der Waals surface area contributed by atoms with Gasteiger partial charge in [0.1, 0.15) is 13.6 Å². The fraction of sp³-hybridized carbons (Fsp3) is 0.700. The SMILES string of the molecule is CCC(C)c1cc(C(OCOC)(C(F)(F)F)C(F)(F)F)cc(C(OCOC)(C(F)(F)F)C(F)(F)F)c1. The highest BCUT2D eigenvalue weighted by Crippen LogP contribution is 2.57. The molecule has 1 rings (SSSR count). The summed E-state index contributed by atoms with van der Waals surface area (Å²) >= 11 is 0. The maximum Gasteiger partial charge on any atom is 0.430 e. The van der Waals surface area contributed by atoms with Crippen molar-refractivity contribution in [3.63, 3.8) is 0 Å². The first kappa shape index (κ1) is 32.2. The fourth-order valence-corrected chi connectivity index (χ4v) is 3.34. The Kier molecular flexibility index (Phi) is 9.77. The van der Waals surface area contributed by atoms with Gasteiger partial charge in [-0.25, -0.2) is 0 Å². The molecule has 0 heterocycles. The van der Waals surface area contributed by atoms with Crippen LogP contribution in [0.1, 0.15) is 42.9 Å². The molecular weight excluding hydrogens is 532 g/mol. The predicted molar refractivity (Wildman–Crippen MR) is 98.6 cm³/mol. The summed E-state index contributed by atoms with van der Waals surface area (Å²) in [6.45, 7) is -0.778. The van der Waals surface area contributed by atoms with Crippen molar-refractivity contribution in [1.29, 1.82) is 0 Å². The summed E-state index contributed by atoms with van der Waals surface area (Å²) in [7, 11) is 1.32. The lowest BCUT2D eigenvalue weighted by atomic mass is 9.81. The van der Waals surface area contributed by atoms with Crippen LogP contribution in [-0.4, -0.2) is 52.5 Å². The van der Waals surface area contributed by atoms with Crippen molar-refractivity contribution in [2.75, 3.05) is 27.8 Å². The topological polar surface area (TPSA) is 36.9 Å². The molecule has 0 amide bonds. The van der Waals surface area contributed by atoms with Crippen LogP contribution in [0.5, 0.6) is 0 Å². The molecule has 16 heteroatoms. The zero-order valence-electron chi connectivity index (χ0n) is 19.1. The smallest absolute Gasteiger partial charge is 0.359 e. The van der Waals surface area contributed by atoms with Gasteiger partial charge in [-0.2, -0.15) is 52.7 Å². The highest BCUT2D eigenvalue weighted by atomic mass is 19.4. The van der Waals surface area contributed by atoms with Crippen molar-refractivity contribution in [3.8, 4) is 0 Å². The Morgan fingerprint density at radius 3 is 1.14 bits per heavy atom. The van der Waals surface area contributed by atoms with Crippen molar-refractivity contribution >= 4 is 0 Å². The lowest BCUT2D eigenvalue weighted by molar-refractivity contribution is -0.402. The summed E-state index contributed by atoms with van der Waals surface area (Å²) in [5.41, 5.74) is -15.5. The Labute approximate surface area is 197 Å². The second-order valence-electron chi connectivity index (χ2n) is 7.61. The largest absolute Gasteiger partial charge is 0.430 e. The summed E-state index contributed by atoms with van der Waals surface area (Å²) in [6.07, 6.45) is -25.7. The first-order chi connectivity index (χ1) is 16.2. The molecule has 1 atom stereocenters. The minimum Gasteiger partial charge on any atom is -0.359 e. The Bertz CT molecular complexity index is 768. The molecule has 1 aromatic carbocycles. The van der Waals surface area contributed by atoms with E-state index in [1.54, 1.807) is 0 Å². The van der Waals surface area contributed by atoms with E-state index in [2.05, 4.69) is 18.9 Å². The molecule has 0 aliphatic carbocycles. The normalized spacial score (nSPS) is 15.3. The van der Waals surface area contributed by atoms with E-state index in [1.165, 1.54) is 13.8 Å². The Hall–Kier alpha value is -1.78. The fourth-order valence-electron chi connectivity index (χ4n) is 3.34. The zero-order valence-corrected chi connectivity index (χ0v) is 19.1. The summed E-state index contributed by atoms with van der Waals surface area (Å²) in [5.74, 6) is -1.08. The summed E-state index contributed by atoms with van der Waals surface area (Å²) < 4.78 is 184. The number of hydrogen-bond acceptors (Lipinski definition) is 4. The van der Waals surface area contributed by atoms with Gasteiger partial charge in [-0.3, -0.25) is 0 Å². The third-order valence-electron chi connectivity index (χ3n) is 5.33. The molecule has 36 heavy (non-hydrogen) atoms. The van der Waals surface area contributed by atoms with E-state index in [0.29, 0.717) is 14.2 Å². The average Bonchev–Trinajstić information content (AvgIpc) is 2.70. The van der Waals surface area contributed by atoms with Crippen LogP contribution in [-0.2, 0) is 30.1 Å². The molecule has 0 spiro atoms. The van der Waals surface area contributed by atoms with Crippen molar-refractivity contribution in [3.05, 3.63) is 34.9 Å². The summed E-state index contributed by atoms with van der Waals surface area (Å²) in [6, 6.07) is -0.135. The van der Waals surface area contributed by atoms with Gasteiger partial charge in [0.2, 0.25) is 0 Å². The van der Waals surface area contributed by atoms with Gasteiger partial charge in [0, 0.05) is 25.3 Å². The quantitative estimate of drug-likeness (QED) is 0.229. The van der Waals surface area contributed by atoms with Gasteiger partial charge < -0.3 is 18.9 Å². The number of hydrogen-bond donors (Lipinski definition) is 0. The Morgan fingerprint density at radius 2 is 0.917 bits per heavy atom. The lowest BCUT2D eigenvalue weighted by Gasteiger charge is -2.40. The number of benzene rings is 1. The molecule has 0 aliphatic heterocycles. The van der Waals surface area contributed by atoms with E-state index < -0.39 is 78.2 Å². The van der Waals surface area contributed by atoms with E-state index in [4.69, 9.17) is 0 Å². The Morgan fingerprint density at radius 1 is 0.611 bits per heavy atom. The van der Waals surface area contributed by atoms with E-state index in [1.807, 2.05) is 0 Å². The second-order valence-corrected chi connectivity index (χ2v) is 7.61. The average molecular weight is 554 g/mol. The number of rotatable bonds is 10. The van der Waals surface area contributed by atoms with Gasteiger partial charge in [-0.1, -0.05) is 26.0 Å². The maximum atomic E-state index is 14.0. The van der Waals surface area contributed by atoms with Gasteiger partial charge in [0.05, 0.1) is 0 Å². The van der Waals surface area contributed by atoms with Gasteiger partial charge in [0.15, 0.2) is 0 Å². The van der Waals surface area contributed by atoms with Crippen LogP contribution in [0.25, 0.3) is 0 Å². The first-order valence-corrected chi connectivity index (χ1v) is 9.86. The van der Waals surface area contributed by atoms with Crippen molar-refractivity contribution in [2.45, 2.75) is 62.1 Å². The van der Waals surface area contributed by atoms with Gasteiger partial charge in [-0.05, 0) is 24.0 Å². The van der Waals surface area contributed by atoms with Crippen LogP contribution in [0.2, 0.25) is 0 Å². The lowest BCUT2D eigenvalue weighted by Crippen LogP contribution is -2.58. The zero-order chi connectivity index (χ0) is 28.4. The van der Waals surface area contributed by atoms with E-state index >= 15 is 0 Å². The summed E-state index contributed by atoms with van der Waals surface area (Å²) in [4.78, 5) is 0. The van der Waals surface area contributed by atoms with Crippen LogP contribution < -0.4 is 0 Å². The molecule has 0 radical (unpaired) electrons. The van der Waals surface area contributed by atoms with E-state index in [0.717, 1.165) is 0 Å². The molecule has 0 fully saturated rings. The molecule has 0 saturated heterocycles. The van der Waals surface area contributed by atoms with Crippen LogP contribution in [0.4, 0.5) is 52.7 Å². The molecule has 0 aliphatic rings. The molecule has 0 N–H and O–H groups in total. The molecule has 1 unspecified atom stereocenters. The molecular formula is C20H22F12O4. The van der Waals surface area contributed by atoms with Crippen LogP contribution in [0, 0.1) is 0 Å². The van der Waals surface area contributed by atoms with Crippen LogP contribution in [0.3, 0.4) is 0 Å². The molecule has 0 saturated carbocycles. The second kappa shape index (κ2) is 10.9. The monoisotopic (exact) mass is 554 g/mol. The van der Waals surface area contributed by atoms with E-state index in [-0.39, 0.29) is 18.6 Å². The highest BCUT2D eigenvalue weighted by Gasteiger charge is 2.76. The van der Waals surface area contributed by atoms with Crippen molar-refractivity contribution in [1.82, 2.24) is 0 Å². The minimum absolute atomic E-state index is 0.0726. The molecule has 0 bridgehead atoms. The van der Waals surface area contributed by atoms with Crippen LogP contribution >= 0.6 is 0 Å². The molecule has 1 aromatic rings. The number of halogens is 12. The number of alkyl halides is 12. The van der Waals surface area contributed by atoms with Gasteiger partial charge in [0.25, 0.3) is 11.2 Å². The third kappa shape index (κ3) is 5.70. The first-order valence-electron chi connectivity index (χ1n) is 9.86. The minimum atomic E-state index is -6.40. The maximum absolute atomic E-state index is 14.0. The van der Waals surface area contributed by atoms with Crippen molar-refractivity contribution in [2.24, 2.45) is 0 Å². The highest BCUT2D eigenvalue weighted by molar-refractivity contribution is 5.42. The van der Waals surface area contributed by atoms with Gasteiger partial charge >= 0.3 is 24.7 Å². The Balaban J connectivity index is 4.35. The standard InChI is InChI=1S/C20H22F12O4/c1-5-11(2)12-6-13(15(17(21,22)23,18(24,25)26)35-9-33-3)8-14(7-12)16(19(27,28)29,20(30,31)32)36-10-34-4/h6-8,11H,5,9-10H2,1-4H3. The van der Waals surface area contributed by atoms with E-state index in [9.17, 15) is 52.7 Å². The predicted octanol–water partition coefficient (Wildman–Crippen LogP) is 7.08. The molecule has 0 aromatic heterocycles.